The average Bonchev–Trinajstić information content (AvgIpc) is 3.38. The summed E-state index contributed by atoms with van der Waals surface area (Å²) < 4.78 is 5.56. The largest absolute Gasteiger partial charge is 0.477 e. The van der Waals surface area contributed by atoms with Crippen molar-refractivity contribution in [3.05, 3.63) is 11.8 Å². The molecule has 2 saturated carbocycles. The number of anilines is 1. The number of carbonyl (C=O) groups is 1. The molecule has 0 radical (unpaired) electrons. The molecule has 1 aromatic heterocycles. The summed E-state index contributed by atoms with van der Waals surface area (Å²) >= 11 is 0. The van der Waals surface area contributed by atoms with Crippen molar-refractivity contribution >= 4 is 11.9 Å². The van der Waals surface area contributed by atoms with Gasteiger partial charge in [-0.2, -0.15) is 4.98 Å². The Morgan fingerprint density at radius 1 is 1.15 bits per heavy atom. The number of ether oxygens (including phenoxy) is 1. The van der Waals surface area contributed by atoms with Gasteiger partial charge in [-0.05, 0) is 45.4 Å². The molecule has 3 N–H and O–H groups in total. The summed E-state index contributed by atoms with van der Waals surface area (Å²) in [5.74, 6) is 0.627. The van der Waals surface area contributed by atoms with Crippen molar-refractivity contribution in [3.63, 3.8) is 0 Å². The van der Waals surface area contributed by atoms with Gasteiger partial charge in [0.25, 0.3) is 5.91 Å². The summed E-state index contributed by atoms with van der Waals surface area (Å²) in [4.78, 5) is 21.3. The Labute approximate surface area is 163 Å². The summed E-state index contributed by atoms with van der Waals surface area (Å²) in [6.45, 7) is 2.31. The van der Waals surface area contributed by atoms with Crippen molar-refractivity contribution in [2.45, 2.75) is 91.3 Å². The van der Waals surface area contributed by atoms with Crippen molar-refractivity contribution in [1.82, 2.24) is 15.3 Å². The standard InChI is InChI=1S/C18H28N4O3.2CH4/c1-2-25-17-15(11-19-18(22-17)21-13-7-8-13)16(24)20-12-5-3-4-6-14(23)10-9-12;;/h11-14,23H,2-10H2,1H3,(H,20,24)(H,19,21,22);2*1H4/t12-,14+;;/m1../s1. The van der Waals surface area contributed by atoms with Gasteiger partial charge in [-0.1, -0.05) is 27.7 Å². The van der Waals surface area contributed by atoms with Crippen LogP contribution in [-0.4, -0.2) is 45.8 Å². The molecule has 7 nitrogen and oxygen atoms in total. The van der Waals surface area contributed by atoms with Gasteiger partial charge in [0, 0.05) is 18.3 Å². The lowest BCUT2D eigenvalue weighted by Gasteiger charge is -2.23. The van der Waals surface area contributed by atoms with Gasteiger partial charge in [0.15, 0.2) is 0 Å². The second-order valence-corrected chi connectivity index (χ2v) is 6.95. The molecule has 1 amide bonds. The van der Waals surface area contributed by atoms with Gasteiger partial charge in [-0.25, -0.2) is 4.98 Å². The molecule has 0 aromatic carbocycles. The molecule has 27 heavy (non-hydrogen) atoms. The van der Waals surface area contributed by atoms with Crippen LogP contribution in [-0.2, 0) is 0 Å². The van der Waals surface area contributed by atoms with Crippen LogP contribution in [0.25, 0.3) is 0 Å². The maximum Gasteiger partial charge on any atom is 0.258 e. The number of aliphatic hydroxyl groups is 1. The quantitative estimate of drug-likeness (QED) is 0.698. The van der Waals surface area contributed by atoms with Crippen molar-refractivity contribution in [2.24, 2.45) is 0 Å². The number of rotatable bonds is 6. The fraction of sp³-hybridized carbons (Fsp3) is 0.750. The molecule has 2 atom stereocenters. The fourth-order valence-corrected chi connectivity index (χ4v) is 3.11. The Morgan fingerprint density at radius 3 is 2.56 bits per heavy atom. The number of nitrogens with one attached hydrogen (secondary N) is 2. The molecule has 1 aromatic rings. The van der Waals surface area contributed by atoms with Crippen LogP contribution >= 0.6 is 0 Å². The third kappa shape index (κ3) is 6.97. The van der Waals surface area contributed by atoms with Gasteiger partial charge in [-0.3, -0.25) is 4.79 Å². The summed E-state index contributed by atoms with van der Waals surface area (Å²) in [7, 11) is 0. The van der Waals surface area contributed by atoms with Crippen molar-refractivity contribution in [1.29, 1.82) is 0 Å². The highest BCUT2D eigenvalue weighted by Crippen LogP contribution is 2.25. The van der Waals surface area contributed by atoms with E-state index in [2.05, 4.69) is 20.6 Å². The first-order valence-corrected chi connectivity index (χ1v) is 9.41. The van der Waals surface area contributed by atoms with E-state index in [-0.39, 0.29) is 32.9 Å². The summed E-state index contributed by atoms with van der Waals surface area (Å²) in [6.07, 6.45) is 8.87. The SMILES string of the molecule is C.C.CCOc1nc(NC2CC2)ncc1C(=O)N[C@@H]1CCCC[C@H](O)CC1. The minimum absolute atomic E-state index is 0. The fourth-order valence-electron chi connectivity index (χ4n) is 3.11. The van der Waals surface area contributed by atoms with Gasteiger partial charge in [0.1, 0.15) is 5.56 Å². The summed E-state index contributed by atoms with van der Waals surface area (Å²) in [5.41, 5.74) is 0.366. The molecule has 0 spiro atoms. The van der Waals surface area contributed by atoms with Crippen molar-refractivity contribution in [2.75, 3.05) is 11.9 Å². The number of amides is 1. The van der Waals surface area contributed by atoms with E-state index in [1.807, 2.05) is 6.92 Å². The second kappa shape index (κ2) is 11.1. The van der Waals surface area contributed by atoms with Crippen LogP contribution in [0.2, 0.25) is 0 Å². The van der Waals surface area contributed by atoms with Gasteiger partial charge >= 0.3 is 0 Å². The zero-order chi connectivity index (χ0) is 17.6. The predicted molar refractivity (Wildman–Crippen MR) is 108 cm³/mol. The minimum Gasteiger partial charge on any atom is -0.477 e. The molecule has 2 aliphatic carbocycles. The van der Waals surface area contributed by atoms with Gasteiger partial charge in [0.2, 0.25) is 11.8 Å². The lowest BCUT2D eigenvalue weighted by Crippen LogP contribution is -2.36. The van der Waals surface area contributed by atoms with E-state index in [4.69, 9.17) is 4.74 Å². The van der Waals surface area contributed by atoms with E-state index in [9.17, 15) is 9.90 Å². The first-order chi connectivity index (χ1) is 12.2. The van der Waals surface area contributed by atoms with Crippen molar-refractivity contribution < 1.29 is 14.6 Å². The third-order valence-corrected chi connectivity index (χ3v) is 4.71. The van der Waals surface area contributed by atoms with E-state index in [1.54, 1.807) is 0 Å². The van der Waals surface area contributed by atoms with Crippen molar-refractivity contribution in [3.8, 4) is 5.88 Å². The lowest BCUT2D eigenvalue weighted by molar-refractivity contribution is 0.0905. The maximum absolute atomic E-state index is 12.7. The number of aliphatic hydroxyl groups excluding tert-OH is 1. The van der Waals surface area contributed by atoms with Gasteiger partial charge in [0.05, 0.1) is 12.7 Å². The number of aromatic nitrogens is 2. The van der Waals surface area contributed by atoms with E-state index >= 15 is 0 Å². The second-order valence-electron chi connectivity index (χ2n) is 6.95. The highest BCUT2D eigenvalue weighted by Gasteiger charge is 2.24. The smallest absolute Gasteiger partial charge is 0.258 e. The Balaban J connectivity index is 0.00000182. The van der Waals surface area contributed by atoms with Crippen LogP contribution in [0.5, 0.6) is 5.88 Å². The molecule has 0 saturated heterocycles. The van der Waals surface area contributed by atoms with Crippen LogP contribution in [0.4, 0.5) is 5.95 Å². The molecule has 0 unspecified atom stereocenters. The van der Waals surface area contributed by atoms with Crippen LogP contribution < -0.4 is 15.4 Å². The van der Waals surface area contributed by atoms with Crippen LogP contribution in [0.3, 0.4) is 0 Å². The summed E-state index contributed by atoms with van der Waals surface area (Å²) in [6, 6.07) is 0.511. The third-order valence-electron chi connectivity index (χ3n) is 4.71. The first kappa shape index (κ1) is 23.1. The van der Waals surface area contributed by atoms with Gasteiger partial charge < -0.3 is 20.5 Å². The summed E-state index contributed by atoms with van der Waals surface area (Å²) in [5, 5.41) is 16.1. The van der Waals surface area contributed by atoms with E-state index < -0.39 is 0 Å². The maximum atomic E-state index is 12.7. The zero-order valence-corrected chi connectivity index (χ0v) is 14.8. The van der Waals surface area contributed by atoms with Crippen LogP contribution in [0, 0.1) is 0 Å². The lowest BCUT2D eigenvalue weighted by atomic mass is 9.95. The molecule has 3 rings (SSSR count). The highest BCUT2D eigenvalue weighted by atomic mass is 16.5. The molecule has 2 aliphatic rings. The normalized spacial score (nSPS) is 22.3. The topological polar surface area (TPSA) is 96.4 Å². The van der Waals surface area contributed by atoms with Crippen LogP contribution in [0.15, 0.2) is 6.20 Å². The Hall–Kier alpha value is -1.89. The Morgan fingerprint density at radius 2 is 1.85 bits per heavy atom. The molecule has 1 heterocycles. The molecular formula is C20H36N4O3. The highest BCUT2D eigenvalue weighted by molar-refractivity contribution is 5.96. The molecule has 0 bridgehead atoms. The van der Waals surface area contributed by atoms with E-state index in [1.165, 1.54) is 6.20 Å². The van der Waals surface area contributed by atoms with E-state index in [0.717, 1.165) is 51.4 Å². The number of carbonyl (C=O) groups excluding carboxylic acids is 1. The molecule has 154 valence electrons. The number of nitrogens with zero attached hydrogens (tertiary/aromatic N) is 2. The number of hydrogen-bond donors (Lipinski definition) is 3. The number of hydrogen-bond acceptors (Lipinski definition) is 6. The van der Waals surface area contributed by atoms with E-state index in [0.29, 0.717) is 30.0 Å². The molecule has 0 aliphatic heterocycles. The predicted octanol–water partition coefficient (Wildman–Crippen LogP) is 3.54. The zero-order valence-electron chi connectivity index (χ0n) is 14.8. The van der Waals surface area contributed by atoms with Crippen LogP contribution in [0.1, 0.15) is 83.5 Å². The average molecular weight is 381 g/mol. The molecular weight excluding hydrogens is 344 g/mol. The minimum atomic E-state index is -0.255. The monoisotopic (exact) mass is 380 g/mol. The molecule has 7 heteroatoms. The Kier molecular flexibility index (Phi) is 9.49. The first-order valence-electron chi connectivity index (χ1n) is 9.41. The Bertz CT molecular complexity index is 593. The molecule has 2 fully saturated rings. The van der Waals surface area contributed by atoms with Gasteiger partial charge in [-0.15, -0.1) is 0 Å².